The molecule has 11 heteroatoms. The highest BCUT2D eigenvalue weighted by Crippen LogP contribution is 2.29. The molecule has 0 unspecified atom stereocenters. The minimum Gasteiger partial charge on any atom is -0.489 e. The molecule has 33 heavy (non-hydrogen) atoms. The van der Waals surface area contributed by atoms with Gasteiger partial charge in [-0.1, -0.05) is 6.58 Å². The Labute approximate surface area is 190 Å². The summed E-state index contributed by atoms with van der Waals surface area (Å²) in [6.45, 7) is 4.48. The molecule has 1 aliphatic rings. The first-order chi connectivity index (χ1) is 15.6. The quantitative estimate of drug-likeness (QED) is 0.516. The average Bonchev–Trinajstić information content (AvgIpc) is 2.79. The van der Waals surface area contributed by atoms with Crippen LogP contribution < -0.4 is 9.47 Å². The molecule has 7 nitrogen and oxygen atoms in total. The van der Waals surface area contributed by atoms with Gasteiger partial charge in [-0.3, -0.25) is 0 Å². The summed E-state index contributed by atoms with van der Waals surface area (Å²) in [5.74, 6) is 0.585. The van der Waals surface area contributed by atoms with Crippen LogP contribution in [0, 0.1) is 0 Å². The molecule has 178 valence electrons. The number of piperidine rings is 1. The molecule has 1 aliphatic heterocycles. The second kappa shape index (κ2) is 10.3. The Morgan fingerprint density at radius 1 is 1.18 bits per heavy atom. The number of benzene rings is 1. The summed E-state index contributed by atoms with van der Waals surface area (Å²) in [7, 11) is -2.33. The molecular formula is C22H23F3N2O5S. The molecule has 2 heterocycles. The number of sulfonamides is 1. The number of hydrogen-bond acceptors (Lipinski definition) is 6. The zero-order valence-corrected chi connectivity index (χ0v) is 18.7. The number of aromatic nitrogens is 1. The molecule has 0 radical (unpaired) electrons. The van der Waals surface area contributed by atoms with Crippen LogP contribution in [0.4, 0.5) is 13.2 Å². The summed E-state index contributed by atoms with van der Waals surface area (Å²) in [5, 5.41) is 0. The lowest BCUT2D eigenvalue weighted by atomic mass is 10.0. The lowest BCUT2D eigenvalue weighted by Gasteiger charge is -2.28. The molecule has 0 atom stereocenters. The molecule has 1 fully saturated rings. The molecular weight excluding hydrogens is 461 g/mol. The van der Waals surface area contributed by atoms with E-state index in [0.29, 0.717) is 24.5 Å². The lowest BCUT2D eigenvalue weighted by molar-refractivity contribution is -0.274. The van der Waals surface area contributed by atoms with E-state index in [1.54, 1.807) is 24.4 Å². The Balaban J connectivity index is 1.64. The van der Waals surface area contributed by atoms with Gasteiger partial charge in [0.15, 0.2) is 0 Å². The molecule has 0 amide bonds. The molecule has 0 saturated carbocycles. The number of allylic oxidation sites excluding steroid dienone is 1. The summed E-state index contributed by atoms with van der Waals surface area (Å²) >= 11 is 0. The van der Waals surface area contributed by atoms with Crippen molar-refractivity contribution in [3.05, 3.63) is 72.1 Å². The summed E-state index contributed by atoms with van der Waals surface area (Å²) in [4.78, 5) is 3.94. The highest BCUT2D eigenvalue weighted by atomic mass is 32.2. The third-order valence-corrected chi connectivity index (χ3v) is 6.87. The molecule has 1 aromatic heterocycles. The van der Waals surface area contributed by atoms with Gasteiger partial charge in [0.05, 0.1) is 12.0 Å². The predicted molar refractivity (Wildman–Crippen MR) is 114 cm³/mol. The Bertz CT molecular complexity index is 1110. The van der Waals surface area contributed by atoms with Crippen molar-refractivity contribution in [1.82, 2.24) is 9.29 Å². The van der Waals surface area contributed by atoms with Crippen LogP contribution in [0.3, 0.4) is 0 Å². The molecule has 1 saturated heterocycles. The smallest absolute Gasteiger partial charge is 0.489 e. The fourth-order valence-corrected chi connectivity index (χ4v) is 4.76. The standard InChI is InChI=1S/C22H23F3N2O5S/c1-3-20(31-15-16-8-11-26-21(14-16)30-2)17-9-12-27(13-10-17)33(28,29)19-6-4-18(5-7-19)32-22(23,24)25/h3-8,11,14H,1,9-10,12-13,15H2,2H3. The van der Waals surface area contributed by atoms with E-state index in [2.05, 4.69) is 16.3 Å². The third kappa shape index (κ3) is 6.48. The first kappa shape index (κ1) is 24.6. The van der Waals surface area contributed by atoms with Crippen molar-refractivity contribution in [3.63, 3.8) is 0 Å². The third-order valence-electron chi connectivity index (χ3n) is 4.96. The number of hydrogen-bond donors (Lipinski definition) is 0. The molecule has 2 aromatic rings. The number of methoxy groups -OCH3 is 1. The molecule has 0 spiro atoms. The van der Waals surface area contributed by atoms with E-state index in [1.807, 2.05) is 0 Å². The molecule has 1 aromatic carbocycles. The van der Waals surface area contributed by atoms with E-state index >= 15 is 0 Å². The fourth-order valence-electron chi connectivity index (χ4n) is 3.32. The van der Waals surface area contributed by atoms with Crippen LogP contribution >= 0.6 is 0 Å². The Morgan fingerprint density at radius 2 is 1.85 bits per heavy atom. The van der Waals surface area contributed by atoms with Crippen LogP contribution in [0.1, 0.15) is 18.4 Å². The van der Waals surface area contributed by atoms with E-state index in [1.165, 1.54) is 11.4 Å². The molecule has 3 rings (SSSR count). The second-order valence-corrected chi connectivity index (χ2v) is 9.03. The second-order valence-electron chi connectivity index (χ2n) is 7.09. The zero-order chi connectivity index (χ0) is 24.1. The monoisotopic (exact) mass is 484 g/mol. The van der Waals surface area contributed by atoms with Gasteiger partial charge in [0.25, 0.3) is 0 Å². The summed E-state index contributed by atoms with van der Waals surface area (Å²) in [6.07, 6.45) is -0.754. The van der Waals surface area contributed by atoms with Crippen molar-refractivity contribution in [3.8, 4) is 11.6 Å². The fraction of sp³-hybridized carbons (Fsp3) is 0.318. The maximum absolute atomic E-state index is 12.9. The highest BCUT2D eigenvalue weighted by molar-refractivity contribution is 7.89. The molecule has 0 aliphatic carbocycles. The van der Waals surface area contributed by atoms with Crippen molar-refractivity contribution in [2.75, 3.05) is 20.2 Å². The van der Waals surface area contributed by atoms with Gasteiger partial charge < -0.3 is 14.2 Å². The largest absolute Gasteiger partial charge is 0.573 e. The van der Waals surface area contributed by atoms with Crippen LogP contribution in [0.2, 0.25) is 0 Å². The van der Waals surface area contributed by atoms with Gasteiger partial charge in [0.1, 0.15) is 18.1 Å². The van der Waals surface area contributed by atoms with Gasteiger partial charge in [-0.05, 0) is 60.4 Å². The zero-order valence-electron chi connectivity index (χ0n) is 17.8. The number of rotatable bonds is 8. The lowest BCUT2D eigenvalue weighted by Crippen LogP contribution is -2.36. The van der Waals surface area contributed by atoms with E-state index in [-0.39, 0.29) is 24.6 Å². The maximum Gasteiger partial charge on any atom is 0.573 e. The Kier molecular flexibility index (Phi) is 7.65. The SMILES string of the molecule is C=CC(OCc1ccnc(OC)c1)=C1CCN(S(=O)(=O)c2ccc(OC(F)(F)F)cc2)CC1. The number of halogens is 3. The van der Waals surface area contributed by atoms with Crippen LogP contribution in [-0.4, -0.2) is 44.3 Å². The first-order valence-electron chi connectivity index (χ1n) is 9.94. The topological polar surface area (TPSA) is 78.0 Å². The molecule has 0 bridgehead atoms. The summed E-state index contributed by atoms with van der Waals surface area (Å²) in [6, 6.07) is 7.71. The average molecular weight is 484 g/mol. The normalized spacial score (nSPS) is 15.1. The van der Waals surface area contributed by atoms with E-state index in [0.717, 1.165) is 35.4 Å². The van der Waals surface area contributed by atoms with Crippen LogP contribution in [0.5, 0.6) is 11.6 Å². The Hall–Kier alpha value is -3.05. The van der Waals surface area contributed by atoms with Crippen LogP contribution in [0.25, 0.3) is 0 Å². The predicted octanol–water partition coefficient (Wildman–Crippen LogP) is 4.43. The summed E-state index contributed by atoms with van der Waals surface area (Å²) < 4.78 is 78.7. The van der Waals surface area contributed by atoms with Crippen molar-refractivity contribution >= 4 is 10.0 Å². The van der Waals surface area contributed by atoms with Crippen molar-refractivity contribution in [1.29, 1.82) is 0 Å². The van der Waals surface area contributed by atoms with Gasteiger partial charge in [-0.25, -0.2) is 13.4 Å². The van der Waals surface area contributed by atoms with E-state index in [9.17, 15) is 21.6 Å². The number of pyridine rings is 1. The number of alkyl halides is 3. The summed E-state index contributed by atoms with van der Waals surface area (Å²) in [5.41, 5.74) is 1.80. The first-order valence-corrected chi connectivity index (χ1v) is 11.4. The van der Waals surface area contributed by atoms with Gasteiger partial charge in [-0.2, -0.15) is 4.31 Å². The molecule has 0 N–H and O–H groups in total. The van der Waals surface area contributed by atoms with Crippen molar-refractivity contribution in [2.24, 2.45) is 0 Å². The van der Waals surface area contributed by atoms with Crippen LogP contribution in [0.15, 0.2) is 71.5 Å². The van der Waals surface area contributed by atoms with Gasteiger partial charge in [0.2, 0.25) is 15.9 Å². The Morgan fingerprint density at radius 3 is 2.42 bits per heavy atom. The van der Waals surface area contributed by atoms with Crippen molar-refractivity contribution in [2.45, 2.75) is 30.7 Å². The highest BCUT2D eigenvalue weighted by Gasteiger charge is 2.32. The van der Waals surface area contributed by atoms with E-state index < -0.39 is 22.1 Å². The van der Waals surface area contributed by atoms with Gasteiger partial charge in [-0.15, -0.1) is 13.2 Å². The minimum atomic E-state index is -4.84. The maximum atomic E-state index is 12.9. The number of ether oxygens (including phenoxy) is 3. The van der Waals surface area contributed by atoms with Crippen LogP contribution in [-0.2, 0) is 21.4 Å². The van der Waals surface area contributed by atoms with Crippen molar-refractivity contribution < 1.29 is 35.8 Å². The minimum absolute atomic E-state index is 0.101. The van der Waals surface area contributed by atoms with Gasteiger partial charge in [0, 0.05) is 25.4 Å². The number of nitrogens with zero attached hydrogens (tertiary/aromatic N) is 2. The van der Waals surface area contributed by atoms with E-state index in [4.69, 9.17) is 9.47 Å². The van der Waals surface area contributed by atoms with Gasteiger partial charge >= 0.3 is 6.36 Å².